The lowest BCUT2D eigenvalue weighted by molar-refractivity contribution is -0.137. The van der Waals surface area contributed by atoms with E-state index in [9.17, 15) is 22.8 Å². The third-order valence-corrected chi connectivity index (χ3v) is 6.32. The summed E-state index contributed by atoms with van der Waals surface area (Å²) in [6.45, 7) is 3.22. The molecule has 1 aliphatic rings. The fraction of sp³-hybridized carbons (Fsp3) is 0.286. The van der Waals surface area contributed by atoms with Crippen molar-refractivity contribution in [2.75, 3.05) is 23.3 Å². The molecule has 1 N–H and O–H groups in total. The Hall–Kier alpha value is -3.81. The number of benzene rings is 3. The van der Waals surface area contributed by atoms with Gasteiger partial charge in [-0.2, -0.15) is 13.2 Å². The van der Waals surface area contributed by atoms with Gasteiger partial charge in [0, 0.05) is 31.0 Å². The molecule has 188 valence electrons. The fourth-order valence-electron chi connectivity index (χ4n) is 4.43. The maximum Gasteiger partial charge on any atom is 0.416 e. The SMILES string of the molecule is CC[C@H](C(=O)Nc1cccc(N2CCCN(Cc3ccc(C(F)(F)F)cc3)C2=O)c1)c1ccccc1. The topological polar surface area (TPSA) is 52.7 Å². The van der Waals surface area contributed by atoms with Crippen molar-refractivity contribution in [3.05, 3.63) is 95.6 Å². The molecule has 1 saturated heterocycles. The van der Waals surface area contributed by atoms with Crippen LogP contribution in [0.25, 0.3) is 0 Å². The third-order valence-electron chi connectivity index (χ3n) is 6.32. The van der Waals surface area contributed by atoms with Crippen LogP contribution in [0.3, 0.4) is 0 Å². The van der Waals surface area contributed by atoms with Crippen molar-refractivity contribution in [2.24, 2.45) is 0 Å². The van der Waals surface area contributed by atoms with E-state index in [4.69, 9.17) is 0 Å². The van der Waals surface area contributed by atoms with Gasteiger partial charge in [0.05, 0.1) is 11.5 Å². The molecular weight excluding hydrogens is 467 g/mol. The highest BCUT2D eigenvalue weighted by atomic mass is 19.4. The molecular formula is C28H28F3N3O2. The Morgan fingerprint density at radius 3 is 2.36 bits per heavy atom. The first kappa shape index (κ1) is 25.3. The normalized spacial score (nSPS) is 15.1. The van der Waals surface area contributed by atoms with Gasteiger partial charge in [0.1, 0.15) is 0 Å². The van der Waals surface area contributed by atoms with Crippen molar-refractivity contribution in [3.8, 4) is 0 Å². The van der Waals surface area contributed by atoms with Crippen molar-refractivity contribution < 1.29 is 22.8 Å². The molecule has 36 heavy (non-hydrogen) atoms. The Kier molecular flexibility index (Phi) is 7.62. The van der Waals surface area contributed by atoms with Crippen LogP contribution in [0.5, 0.6) is 0 Å². The van der Waals surface area contributed by atoms with Gasteiger partial charge in [-0.1, -0.05) is 55.5 Å². The predicted molar refractivity (Wildman–Crippen MR) is 134 cm³/mol. The van der Waals surface area contributed by atoms with Crippen LogP contribution in [0.1, 0.15) is 42.4 Å². The third kappa shape index (κ3) is 5.87. The summed E-state index contributed by atoms with van der Waals surface area (Å²) in [5.74, 6) is -0.402. The standard InChI is InChI=1S/C28H28F3N3O2/c1-2-25(21-8-4-3-5-9-21)26(35)32-23-10-6-11-24(18-23)34-17-7-16-33(27(34)36)19-20-12-14-22(15-13-20)28(29,30)31/h3-6,8-15,18,25H,2,7,16-17,19H2,1H3,(H,32,35)/t25-/m0/s1. The number of urea groups is 1. The molecule has 0 bridgehead atoms. The van der Waals surface area contributed by atoms with Crippen molar-refractivity contribution in [1.29, 1.82) is 0 Å². The highest BCUT2D eigenvalue weighted by Gasteiger charge is 2.31. The molecule has 8 heteroatoms. The van der Waals surface area contributed by atoms with Gasteiger partial charge in [0.2, 0.25) is 5.91 Å². The second-order valence-electron chi connectivity index (χ2n) is 8.82. The first-order valence-electron chi connectivity index (χ1n) is 11.9. The van der Waals surface area contributed by atoms with E-state index in [0.717, 1.165) is 24.1 Å². The molecule has 1 atom stereocenters. The average molecular weight is 496 g/mol. The maximum atomic E-state index is 13.2. The zero-order chi connectivity index (χ0) is 25.7. The van der Waals surface area contributed by atoms with Gasteiger partial charge in [0.25, 0.3) is 0 Å². The molecule has 0 aromatic heterocycles. The van der Waals surface area contributed by atoms with Gasteiger partial charge in [-0.15, -0.1) is 0 Å². The molecule has 5 nitrogen and oxygen atoms in total. The summed E-state index contributed by atoms with van der Waals surface area (Å²) in [6.07, 6.45) is -3.02. The molecule has 1 aliphatic heterocycles. The van der Waals surface area contributed by atoms with E-state index in [1.807, 2.05) is 43.3 Å². The van der Waals surface area contributed by atoms with Crippen LogP contribution in [0.2, 0.25) is 0 Å². The zero-order valence-electron chi connectivity index (χ0n) is 20.0. The quantitative estimate of drug-likeness (QED) is 0.398. The summed E-state index contributed by atoms with van der Waals surface area (Å²) in [4.78, 5) is 29.4. The van der Waals surface area contributed by atoms with Crippen molar-refractivity contribution >= 4 is 23.3 Å². The van der Waals surface area contributed by atoms with Crippen LogP contribution in [-0.2, 0) is 17.5 Å². The molecule has 1 fully saturated rings. The summed E-state index contributed by atoms with van der Waals surface area (Å²) in [7, 11) is 0. The van der Waals surface area contributed by atoms with Crippen LogP contribution >= 0.6 is 0 Å². The zero-order valence-corrected chi connectivity index (χ0v) is 20.0. The van der Waals surface area contributed by atoms with Gasteiger partial charge >= 0.3 is 12.2 Å². The molecule has 0 unspecified atom stereocenters. The van der Waals surface area contributed by atoms with E-state index in [0.29, 0.717) is 36.4 Å². The monoisotopic (exact) mass is 495 g/mol. The largest absolute Gasteiger partial charge is 0.416 e. The predicted octanol–water partition coefficient (Wildman–Crippen LogP) is 6.67. The lowest BCUT2D eigenvalue weighted by Crippen LogP contribution is -2.49. The number of alkyl halides is 3. The molecule has 0 radical (unpaired) electrons. The number of carbonyl (C=O) groups is 2. The Morgan fingerprint density at radius 1 is 0.972 bits per heavy atom. The summed E-state index contributed by atoms with van der Waals surface area (Å²) < 4.78 is 38.5. The number of hydrogen-bond donors (Lipinski definition) is 1. The van der Waals surface area contributed by atoms with Gasteiger partial charge in [-0.05, 0) is 54.3 Å². The minimum Gasteiger partial charge on any atom is -0.325 e. The maximum absolute atomic E-state index is 13.2. The number of amides is 3. The van der Waals surface area contributed by atoms with Crippen LogP contribution in [0.4, 0.5) is 29.3 Å². The Morgan fingerprint density at radius 2 is 1.69 bits per heavy atom. The molecule has 0 spiro atoms. The molecule has 3 amide bonds. The van der Waals surface area contributed by atoms with E-state index < -0.39 is 11.7 Å². The minimum absolute atomic E-state index is 0.116. The van der Waals surface area contributed by atoms with Crippen LogP contribution in [0.15, 0.2) is 78.9 Å². The summed E-state index contributed by atoms with van der Waals surface area (Å²) in [6, 6.07) is 21.4. The highest BCUT2D eigenvalue weighted by Crippen LogP contribution is 2.30. The lowest BCUT2D eigenvalue weighted by Gasteiger charge is -2.36. The molecule has 0 aliphatic carbocycles. The van der Waals surface area contributed by atoms with Crippen LogP contribution in [-0.4, -0.2) is 29.9 Å². The summed E-state index contributed by atoms with van der Waals surface area (Å²) in [5.41, 5.74) is 2.11. The molecule has 3 aromatic carbocycles. The number of anilines is 2. The summed E-state index contributed by atoms with van der Waals surface area (Å²) >= 11 is 0. The van der Waals surface area contributed by atoms with Crippen molar-refractivity contribution in [3.63, 3.8) is 0 Å². The van der Waals surface area contributed by atoms with Crippen LogP contribution < -0.4 is 10.2 Å². The Balaban J connectivity index is 1.45. The number of carbonyl (C=O) groups excluding carboxylic acids is 2. The van der Waals surface area contributed by atoms with E-state index in [2.05, 4.69) is 5.32 Å². The summed E-state index contributed by atoms with van der Waals surface area (Å²) in [5, 5.41) is 2.97. The second-order valence-corrected chi connectivity index (χ2v) is 8.82. The highest BCUT2D eigenvalue weighted by molar-refractivity contribution is 5.97. The second kappa shape index (κ2) is 10.8. The van der Waals surface area contributed by atoms with E-state index >= 15 is 0 Å². The number of halogens is 3. The van der Waals surface area contributed by atoms with Crippen LogP contribution in [0, 0.1) is 0 Å². The number of hydrogen-bond acceptors (Lipinski definition) is 2. The lowest BCUT2D eigenvalue weighted by atomic mass is 9.95. The van der Waals surface area contributed by atoms with Gasteiger partial charge in [-0.25, -0.2) is 4.79 Å². The van der Waals surface area contributed by atoms with Gasteiger partial charge < -0.3 is 10.2 Å². The van der Waals surface area contributed by atoms with E-state index in [1.54, 1.807) is 28.0 Å². The first-order chi connectivity index (χ1) is 17.3. The average Bonchev–Trinajstić information content (AvgIpc) is 2.86. The van der Waals surface area contributed by atoms with E-state index in [-0.39, 0.29) is 24.4 Å². The fourth-order valence-corrected chi connectivity index (χ4v) is 4.43. The minimum atomic E-state index is -4.39. The van der Waals surface area contributed by atoms with E-state index in [1.165, 1.54) is 12.1 Å². The van der Waals surface area contributed by atoms with Crippen molar-refractivity contribution in [1.82, 2.24) is 4.90 Å². The Bertz CT molecular complexity index is 1200. The Labute approximate surface area is 208 Å². The molecule has 4 rings (SSSR count). The van der Waals surface area contributed by atoms with Crippen molar-refractivity contribution in [2.45, 2.75) is 38.4 Å². The molecule has 1 heterocycles. The smallest absolute Gasteiger partial charge is 0.325 e. The number of nitrogens with one attached hydrogen (secondary N) is 1. The van der Waals surface area contributed by atoms with Gasteiger partial charge in [-0.3, -0.25) is 9.69 Å². The number of rotatable bonds is 7. The number of nitrogens with zero attached hydrogens (tertiary/aromatic N) is 2. The first-order valence-corrected chi connectivity index (χ1v) is 11.9. The molecule has 0 saturated carbocycles. The van der Waals surface area contributed by atoms with Gasteiger partial charge in [0.15, 0.2) is 0 Å². The molecule has 3 aromatic rings.